The van der Waals surface area contributed by atoms with E-state index in [-0.39, 0.29) is 5.78 Å². The molecule has 1 aromatic carbocycles. The Morgan fingerprint density at radius 1 is 1.31 bits per heavy atom. The first-order valence-corrected chi connectivity index (χ1v) is 4.38. The summed E-state index contributed by atoms with van der Waals surface area (Å²) >= 11 is 5.69. The van der Waals surface area contributed by atoms with Gasteiger partial charge in [-0.15, -0.1) is 0 Å². The fraction of sp³-hybridized carbons (Fsp3) is 0.300. The van der Waals surface area contributed by atoms with Gasteiger partial charge in [-0.2, -0.15) is 0 Å². The maximum atomic E-state index is 11.6. The number of ketones is 1. The lowest BCUT2D eigenvalue weighted by atomic mass is 9.95. The quantitative estimate of drug-likeness (QED) is 0.740. The van der Waals surface area contributed by atoms with Crippen LogP contribution in [0.3, 0.4) is 0 Å². The number of hydrogen-bond acceptors (Lipinski definition) is 2. The van der Waals surface area contributed by atoms with Gasteiger partial charge in [-0.3, -0.25) is 4.79 Å². The minimum Gasteiger partial charge on any atom is -0.319 e. The Bertz CT molecular complexity index is 311. The summed E-state index contributed by atoms with van der Waals surface area (Å²) in [6.07, 6.45) is 0. The molecule has 1 aromatic rings. The Kier molecular flexibility index (Phi) is 2.74. The van der Waals surface area contributed by atoms with Crippen LogP contribution in [0.2, 0.25) is 5.02 Å². The molecule has 0 bridgehead atoms. The van der Waals surface area contributed by atoms with Gasteiger partial charge in [0.1, 0.15) is 0 Å². The number of rotatable bonds is 2. The molecule has 0 fully saturated rings. The molecule has 0 spiro atoms. The number of Topliss-reactive ketones (excluding diaryl/α,β-unsaturated/α-hetero) is 1. The van der Waals surface area contributed by atoms with Crippen LogP contribution in [0, 0.1) is 0 Å². The first-order chi connectivity index (χ1) is 5.91. The molecule has 1 rings (SSSR count). The van der Waals surface area contributed by atoms with Crippen molar-refractivity contribution >= 4 is 17.4 Å². The highest BCUT2D eigenvalue weighted by Gasteiger charge is 2.22. The van der Waals surface area contributed by atoms with Gasteiger partial charge in [0.2, 0.25) is 0 Å². The molecule has 70 valence electrons. The van der Waals surface area contributed by atoms with Crippen LogP contribution in [0.1, 0.15) is 24.2 Å². The number of hydrogen-bond donors (Lipinski definition) is 1. The number of halogens is 1. The van der Waals surface area contributed by atoms with Crippen molar-refractivity contribution < 1.29 is 4.79 Å². The molecule has 0 aliphatic heterocycles. The summed E-state index contributed by atoms with van der Waals surface area (Å²) in [7, 11) is 0. The van der Waals surface area contributed by atoms with Gasteiger partial charge in [0.25, 0.3) is 0 Å². The summed E-state index contributed by atoms with van der Waals surface area (Å²) in [6.45, 7) is 3.37. The van der Waals surface area contributed by atoms with Gasteiger partial charge in [0, 0.05) is 10.6 Å². The number of carbonyl (C=O) groups excluding carboxylic acids is 1. The van der Waals surface area contributed by atoms with Gasteiger partial charge >= 0.3 is 0 Å². The highest BCUT2D eigenvalue weighted by Crippen LogP contribution is 2.14. The van der Waals surface area contributed by atoms with E-state index in [1.54, 1.807) is 38.1 Å². The molecule has 0 radical (unpaired) electrons. The van der Waals surface area contributed by atoms with Crippen LogP contribution in [-0.2, 0) is 0 Å². The van der Waals surface area contributed by atoms with Crippen LogP contribution in [0.15, 0.2) is 24.3 Å². The minimum absolute atomic E-state index is 0.0795. The number of carbonyl (C=O) groups is 1. The van der Waals surface area contributed by atoms with Crippen LogP contribution < -0.4 is 5.73 Å². The minimum atomic E-state index is -0.826. The standard InChI is InChI=1S/C10H12ClNO/c1-10(2,12)9(13)7-3-5-8(11)6-4-7/h3-6H,12H2,1-2H3. The first kappa shape index (κ1) is 10.2. The smallest absolute Gasteiger partial charge is 0.182 e. The second-order valence-electron chi connectivity index (χ2n) is 3.56. The Hall–Kier alpha value is -0.860. The molecular weight excluding hydrogens is 186 g/mol. The molecule has 0 heterocycles. The Balaban J connectivity index is 2.97. The van der Waals surface area contributed by atoms with E-state index >= 15 is 0 Å². The normalized spacial score (nSPS) is 11.4. The molecule has 0 atom stereocenters. The summed E-state index contributed by atoms with van der Waals surface area (Å²) in [5.74, 6) is -0.0795. The van der Waals surface area contributed by atoms with Crippen molar-refractivity contribution in [1.82, 2.24) is 0 Å². The largest absolute Gasteiger partial charge is 0.319 e. The molecule has 0 aromatic heterocycles. The summed E-state index contributed by atoms with van der Waals surface area (Å²) in [6, 6.07) is 6.72. The van der Waals surface area contributed by atoms with Gasteiger partial charge in [0.05, 0.1) is 5.54 Å². The lowest BCUT2D eigenvalue weighted by Crippen LogP contribution is -2.41. The lowest BCUT2D eigenvalue weighted by molar-refractivity contribution is 0.0913. The maximum Gasteiger partial charge on any atom is 0.182 e. The molecule has 0 aliphatic carbocycles. The Morgan fingerprint density at radius 2 is 1.77 bits per heavy atom. The van der Waals surface area contributed by atoms with Gasteiger partial charge in [-0.1, -0.05) is 11.6 Å². The van der Waals surface area contributed by atoms with Crippen molar-refractivity contribution in [2.45, 2.75) is 19.4 Å². The summed E-state index contributed by atoms with van der Waals surface area (Å²) in [5.41, 5.74) is 5.44. The van der Waals surface area contributed by atoms with Crippen molar-refractivity contribution in [1.29, 1.82) is 0 Å². The van der Waals surface area contributed by atoms with Gasteiger partial charge < -0.3 is 5.73 Å². The predicted molar refractivity (Wildman–Crippen MR) is 54.0 cm³/mol. The summed E-state index contributed by atoms with van der Waals surface area (Å²) < 4.78 is 0. The fourth-order valence-electron chi connectivity index (χ4n) is 0.973. The number of benzene rings is 1. The highest BCUT2D eigenvalue weighted by atomic mass is 35.5. The molecule has 0 saturated carbocycles. The molecule has 13 heavy (non-hydrogen) atoms. The van der Waals surface area contributed by atoms with Gasteiger partial charge in [-0.05, 0) is 38.1 Å². The van der Waals surface area contributed by atoms with E-state index in [1.165, 1.54) is 0 Å². The molecule has 3 heteroatoms. The van der Waals surface area contributed by atoms with Gasteiger partial charge in [-0.25, -0.2) is 0 Å². The molecule has 0 amide bonds. The Morgan fingerprint density at radius 3 is 2.15 bits per heavy atom. The average molecular weight is 198 g/mol. The van der Waals surface area contributed by atoms with E-state index in [4.69, 9.17) is 17.3 Å². The molecular formula is C10H12ClNO. The zero-order chi connectivity index (χ0) is 10.1. The van der Waals surface area contributed by atoms with Crippen molar-refractivity contribution in [2.24, 2.45) is 5.73 Å². The first-order valence-electron chi connectivity index (χ1n) is 4.00. The maximum absolute atomic E-state index is 11.6. The number of nitrogens with two attached hydrogens (primary N) is 1. The van der Waals surface area contributed by atoms with Crippen molar-refractivity contribution in [3.63, 3.8) is 0 Å². The van der Waals surface area contributed by atoms with E-state index in [1.807, 2.05) is 0 Å². The summed E-state index contributed by atoms with van der Waals surface area (Å²) in [4.78, 5) is 11.6. The van der Waals surface area contributed by atoms with E-state index < -0.39 is 5.54 Å². The van der Waals surface area contributed by atoms with Crippen molar-refractivity contribution in [3.05, 3.63) is 34.9 Å². The van der Waals surface area contributed by atoms with Crippen LogP contribution in [0.25, 0.3) is 0 Å². The average Bonchev–Trinajstić information content (AvgIpc) is 2.03. The van der Waals surface area contributed by atoms with Crippen LogP contribution >= 0.6 is 11.6 Å². The van der Waals surface area contributed by atoms with Crippen LogP contribution in [0.4, 0.5) is 0 Å². The van der Waals surface area contributed by atoms with E-state index in [0.717, 1.165) is 0 Å². The topological polar surface area (TPSA) is 43.1 Å². The third-order valence-electron chi connectivity index (χ3n) is 1.69. The SMILES string of the molecule is CC(C)(N)C(=O)c1ccc(Cl)cc1. The second kappa shape index (κ2) is 3.48. The third-order valence-corrected chi connectivity index (χ3v) is 1.94. The zero-order valence-corrected chi connectivity index (χ0v) is 8.43. The third kappa shape index (κ3) is 2.54. The highest BCUT2D eigenvalue weighted by molar-refractivity contribution is 6.30. The van der Waals surface area contributed by atoms with Gasteiger partial charge in [0.15, 0.2) is 5.78 Å². The zero-order valence-electron chi connectivity index (χ0n) is 7.67. The van der Waals surface area contributed by atoms with E-state index in [9.17, 15) is 4.79 Å². The van der Waals surface area contributed by atoms with E-state index in [0.29, 0.717) is 10.6 Å². The molecule has 2 N–H and O–H groups in total. The Labute approximate surface area is 82.7 Å². The molecule has 0 aliphatic rings. The molecule has 2 nitrogen and oxygen atoms in total. The van der Waals surface area contributed by atoms with Crippen LogP contribution in [-0.4, -0.2) is 11.3 Å². The second-order valence-corrected chi connectivity index (χ2v) is 3.99. The fourth-order valence-corrected chi connectivity index (χ4v) is 1.10. The summed E-state index contributed by atoms with van der Waals surface area (Å²) in [5, 5.41) is 0.617. The molecule has 0 unspecified atom stereocenters. The van der Waals surface area contributed by atoms with E-state index in [2.05, 4.69) is 0 Å². The molecule has 0 saturated heterocycles. The van der Waals surface area contributed by atoms with Crippen molar-refractivity contribution in [2.75, 3.05) is 0 Å². The monoisotopic (exact) mass is 197 g/mol. The lowest BCUT2D eigenvalue weighted by Gasteiger charge is -2.16. The predicted octanol–water partition coefficient (Wildman–Crippen LogP) is 2.26. The van der Waals surface area contributed by atoms with Crippen molar-refractivity contribution in [3.8, 4) is 0 Å². The van der Waals surface area contributed by atoms with Crippen LogP contribution in [0.5, 0.6) is 0 Å².